The maximum absolute atomic E-state index is 6.26. The second kappa shape index (κ2) is 34.3. The molecule has 0 saturated carbocycles. The van der Waals surface area contributed by atoms with Crippen LogP contribution in [0, 0.1) is 0 Å². The van der Waals surface area contributed by atoms with Crippen molar-refractivity contribution in [3.63, 3.8) is 0 Å². The summed E-state index contributed by atoms with van der Waals surface area (Å²) in [5.41, 5.74) is 20.5. The molecule has 6 aromatic heterocycles. The Morgan fingerprint density at radius 3 is 0.770 bits per heavy atom. The van der Waals surface area contributed by atoms with E-state index in [1.54, 1.807) is 0 Å². The van der Waals surface area contributed by atoms with Gasteiger partial charge >= 0.3 is 0 Å². The lowest BCUT2D eigenvalue weighted by Gasteiger charge is -2.13. The SMILES string of the molecule is c1ccc(-c2nc(-c3ccc4ccccc4c3)nc(-c3cccc4c(-c5ccc6c(c5)oc5ccccc56)cccc34)n2)cc1.c1ccc2cc(-c3ccc(-c4nc(-c5ccc6ccccc6c5)nc(-c5cccc6oc7ccccc7c56)n4)cc3)ccc2c1.c1ccc2cc(-c3nc(-c4ccc5ccccc5c4)nc(-c4cccc5c(-c6ccc7c(c6)oc6ccccc67)cccc45)n3)ccc2c1. The van der Waals surface area contributed by atoms with Crippen LogP contribution >= 0.6 is 0 Å². The van der Waals surface area contributed by atoms with Gasteiger partial charge in [-0.25, -0.2) is 44.9 Å². The molecule has 0 bridgehead atoms. The van der Waals surface area contributed by atoms with Crippen LogP contribution in [0.3, 0.4) is 0 Å². The van der Waals surface area contributed by atoms with Crippen LogP contribution in [0.25, 0.3) is 277 Å². The van der Waals surface area contributed by atoms with Gasteiger partial charge in [-0.05, 0) is 188 Å². The maximum Gasteiger partial charge on any atom is 0.164 e. The number of hydrogen-bond acceptors (Lipinski definition) is 12. The Morgan fingerprint density at radius 1 is 0.115 bits per heavy atom. The molecule has 0 amide bonds. The number of fused-ring (bicyclic) bond motifs is 16. The first-order valence-corrected chi connectivity index (χ1v) is 46.5. The molecular formula is C127H77N9O3. The summed E-state index contributed by atoms with van der Waals surface area (Å²) in [4.78, 5) is 45.6. The molecule has 12 nitrogen and oxygen atoms in total. The predicted octanol–water partition coefficient (Wildman–Crippen LogP) is 33.4. The van der Waals surface area contributed by atoms with E-state index in [1.165, 1.54) is 37.9 Å². The van der Waals surface area contributed by atoms with Crippen LogP contribution in [0.4, 0.5) is 0 Å². The third kappa shape index (κ3) is 15.2. The van der Waals surface area contributed by atoms with E-state index in [0.29, 0.717) is 52.4 Å². The van der Waals surface area contributed by atoms with E-state index in [-0.39, 0.29) is 0 Å². The van der Waals surface area contributed by atoms with E-state index in [4.69, 9.17) is 58.1 Å². The molecule has 139 heavy (non-hydrogen) atoms. The fraction of sp³-hybridized carbons (Fsp3) is 0. The van der Waals surface area contributed by atoms with Crippen LogP contribution in [0.1, 0.15) is 0 Å². The van der Waals surface area contributed by atoms with Crippen LogP contribution in [0.5, 0.6) is 0 Å². The fourth-order valence-corrected chi connectivity index (χ4v) is 19.6. The molecule has 0 fully saturated rings. The van der Waals surface area contributed by atoms with Gasteiger partial charge in [0, 0.05) is 82.4 Å². The number of nitrogens with zero attached hydrogens (tertiary/aromatic N) is 9. The minimum atomic E-state index is 0.610. The van der Waals surface area contributed by atoms with Crippen molar-refractivity contribution in [3.05, 3.63) is 467 Å². The molecule has 0 aliphatic heterocycles. The fourth-order valence-electron chi connectivity index (χ4n) is 19.6. The number of aromatic nitrogens is 9. The maximum atomic E-state index is 6.26. The van der Waals surface area contributed by atoms with E-state index in [2.05, 4.69) is 376 Å². The van der Waals surface area contributed by atoms with Gasteiger partial charge < -0.3 is 13.3 Å². The Bertz CT molecular complexity index is 9670. The van der Waals surface area contributed by atoms with Crippen LogP contribution < -0.4 is 0 Å². The first kappa shape index (κ1) is 80.9. The van der Waals surface area contributed by atoms with E-state index < -0.39 is 0 Å². The van der Waals surface area contributed by atoms with Crippen molar-refractivity contribution in [2.45, 2.75) is 0 Å². The number of rotatable bonds is 12. The first-order valence-electron chi connectivity index (χ1n) is 46.5. The van der Waals surface area contributed by atoms with Gasteiger partial charge in [-0.3, -0.25) is 0 Å². The third-order valence-corrected chi connectivity index (χ3v) is 26.5. The molecule has 0 aliphatic rings. The summed E-state index contributed by atoms with van der Waals surface area (Å²) in [5, 5.41) is 22.7. The second-order valence-electron chi connectivity index (χ2n) is 35.0. The molecule has 28 rings (SSSR count). The Morgan fingerprint density at radius 2 is 0.360 bits per heavy atom. The Kier molecular flexibility index (Phi) is 20.0. The van der Waals surface area contributed by atoms with Crippen molar-refractivity contribution in [2.75, 3.05) is 0 Å². The largest absolute Gasteiger partial charge is 0.456 e. The molecule has 0 atom stereocenters. The number of hydrogen-bond donors (Lipinski definition) is 0. The summed E-state index contributed by atoms with van der Waals surface area (Å²) < 4.78 is 18.7. The van der Waals surface area contributed by atoms with E-state index in [0.717, 1.165) is 187 Å². The number of para-hydroxylation sites is 3. The van der Waals surface area contributed by atoms with Gasteiger partial charge in [-0.2, -0.15) is 0 Å². The average Bonchev–Trinajstić information content (AvgIpc) is 1.68. The van der Waals surface area contributed by atoms with Crippen LogP contribution in [0.15, 0.2) is 480 Å². The van der Waals surface area contributed by atoms with Gasteiger partial charge in [0.25, 0.3) is 0 Å². The molecule has 12 heteroatoms. The molecule has 28 aromatic rings. The standard InChI is InChI=1S/C45H27N3O.2C41H25N3O/c1-3-11-30-25-33(21-19-28(30)9-1)43-46-44(34-22-20-29-10-2-4-12-31(29)26-34)48-45(47-43)40-17-8-15-36-35(14-7-16-37(36)40)32-23-24-39-38-13-5-6-18-41(38)49-42(39)27-32;1-3-10-30-24-32(22-18-26(30)8-1)28-16-20-29(21-17-28)39-42-40(33-23-19-27-9-2-4-11-31(27)25-33)44-41(43-39)35-13-7-15-37-38(35)34-12-5-6-14-36(34)45-37;1-2-11-27(12-3-1)39-42-40(30-21-20-26-10-4-5-13-28(26)24-30)44-41(43-39)36-18-9-16-32-31(15-8-17-33(32)36)29-22-23-35-34-14-6-7-19-37(34)45-38(35)25-29/h1-27H;2*1-25H. The Balaban J connectivity index is 0.000000108. The zero-order chi connectivity index (χ0) is 91.8. The topological polar surface area (TPSA) is 155 Å². The van der Waals surface area contributed by atoms with Gasteiger partial charge in [0.15, 0.2) is 52.4 Å². The molecule has 0 N–H and O–H groups in total. The lowest BCUT2D eigenvalue weighted by molar-refractivity contribution is 0.668. The van der Waals surface area contributed by atoms with E-state index >= 15 is 0 Å². The summed E-state index contributed by atoms with van der Waals surface area (Å²) in [6.45, 7) is 0. The normalized spacial score (nSPS) is 11.6. The van der Waals surface area contributed by atoms with Crippen molar-refractivity contribution in [2.24, 2.45) is 0 Å². The molecule has 0 unspecified atom stereocenters. The average molecular weight is 1780 g/mol. The summed E-state index contributed by atoms with van der Waals surface area (Å²) in [7, 11) is 0. The highest BCUT2D eigenvalue weighted by molar-refractivity contribution is 6.14. The van der Waals surface area contributed by atoms with Gasteiger partial charge in [-0.15, -0.1) is 0 Å². The summed E-state index contributed by atoms with van der Waals surface area (Å²) in [6.07, 6.45) is 0. The highest BCUT2D eigenvalue weighted by atomic mass is 16.3. The Hall–Kier alpha value is -18.9. The van der Waals surface area contributed by atoms with Gasteiger partial charge in [-0.1, -0.05) is 388 Å². The van der Waals surface area contributed by atoms with Crippen molar-refractivity contribution in [1.82, 2.24) is 44.9 Å². The van der Waals surface area contributed by atoms with E-state index in [1.807, 2.05) is 91.0 Å². The highest BCUT2D eigenvalue weighted by Gasteiger charge is 2.24. The quantitative estimate of drug-likeness (QED) is 0.114. The summed E-state index contributed by atoms with van der Waals surface area (Å²) >= 11 is 0. The summed E-state index contributed by atoms with van der Waals surface area (Å²) in [5.74, 6) is 5.71. The molecule has 0 radical (unpaired) electrons. The number of benzene rings is 22. The lowest BCUT2D eigenvalue weighted by atomic mass is 9.94. The smallest absolute Gasteiger partial charge is 0.164 e. The number of furan rings is 3. The van der Waals surface area contributed by atoms with E-state index in [9.17, 15) is 0 Å². The van der Waals surface area contributed by atoms with Crippen molar-refractivity contribution < 1.29 is 13.3 Å². The molecule has 0 aliphatic carbocycles. The van der Waals surface area contributed by atoms with Gasteiger partial charge in [0.2, 0.25) is 0 Å². The van der Waals surface area contributed by atoms with Crippen molar-refractivity contribution in [3.8, 4) is 136 Å². The monoisotopic (exact) mass is 1780 g/mol. The molecular weight excluding hydrogens is 1700 g/mol. The van der Waals surface area contributed by atoms with Crippen molar-refractivity contribution in [1.29, 1.82) is 0 Å². The molecule has 6 heterocycles. The van der Waals surface area contributed by atoms with Gasteiger partial charge in [0.05, 0.1) is 0 Å². The molecule has 0 spiro atoms. The third-order valence-electron chi connectivity index (χ3n) is 26.5. The van der Waals surface area contributed by atoms with Crippen LogP contribution in [-0.2, 0) is 0 Å². The van der Waals surface area contributed by atoms with Gasteiger partial charge in [0.1, 0.15) is 33.5 Å². The lowest BCUT2D eigenvalue weighted by Crippen LogP contribution is -2.00. The first-order chi connectivity index (χ1) is 68.8. The zero-order valence-electron chi connectivity index (χ0n) is 74.7. The highest BCUT2D eigenvalue weighted by Crippen LogP contribution is 2.44. The Labute approximate surface area is 796 Å². The predicted molar refractivity (Wildman–Crippen MR) is 569 cm³/mol. The van der Waals surface area contributed by atoms with Crippen molar-refractivity contribution >= 4 is 141 Å². The minimum Gasteiger partial charge on any atom is -0.456 e. The van der Waals surface area contributed by atoms with Crippen LogP contribution in [-0.4, -0.2) is 44.9 Å². The molecule has 648 valence electrons. The zero-order valence-corrected chi connectivity index (χ0v) is 74.7. The molecule has 0 saturated heterocycles. The minimum absolute atomic E-state index is 0.610. The molecule has 22 aromatic carbocycles. The second-order valence-corrected chi connectivity index (χ2v) is 35.0. The van der Waals surface area contributed by atoms with Crippen LogP contribution in [0.2, 0.25) is 0 Å². The summed E-state index contributed by atoms with van der Waals surface area (Å²) in [6, 6.07) is 162.